The average Bonchev–Trinajstić information content (AvgIpc) is 3.38. The number of rotatable bonds is 8. The summed E-state index contributed by atoms with van der Waals surface area (Å²) in [6.07, 6.45) is 3.53. The summed E-state index contributed by atoms with van der Waals surface area (Å²) >= 11 is 6.17. The third kappa shape index (κ3) is 7.34. The van der Waals surface area contributed by atoms with Crippen molar-refractivity contribution >= 4 is 47.2 Å². The van der Waals surface area contributed by atoms with Gasteiger partial charge in [-0.2, -0.15) is 0 Å². The Balaban J connectivity index is 0.00000300. The summed E-state index contributed by atoms with van der Waals surface area (Å²) in [5.41, 5.74) is 1.03. The number of guanidine groups is 1. The summed E-state index contributed by atoms with van der Waals surface area (Å²) in [4.78, 5) is 6.61. The fourth-order valence-electron chi connectivity index (χ4n) is 3.63. The van der Waals surface area contributed by atoms with E-state index in [1.165, 1.54) is 0 Å². The first-order valence-electron chi connectivity index (χ1n) is 9.94. The van der Waals surface area contributed by atoms with E-state index in [4.69, 9.17) is 25.8 Å². The number of hydrogen-bond acceptors (Lipinski definition) is 5. The zero-order valence-electron chi connectivity index (χ0n) is 17.2. The molecule has 2 unspecified atom stereocenters. The van der Waals surface area contributed by atoms with Crippen LogP contribution in [0.1, 0.15) is 19.3 Å². The smallest absolute Gasteiger partial charge is 0.191 e. The molecule has 2 aliphatic heterocycles. The van der Waals surface area contributed by atoms with Gasteiger partial charge in [0.2, 0.25) is 0 Å². The van der Waals surface area contributed by atoms with E-state index in [-0.39, 0.29) is 30.1 Å². The van der Waals surface area contributed by atoms with Crippen molar-refractivity contribution in [3.05, 3.63) is 23.2 Å². The number of benzene rings is 1. The molecule has 0 aliphatic carbocycles. The number of ether oxygens (including phenoxy) is 3. The number of methoxy groups -OCH3 is 1. The highest BCUT2D eigenvalue weighted by atomic mass is 127. The standard InChI is InChI=1S/C20H31ClN4O3.HI/c1-22-20(23-8-11-27-14-17-4-3-10-28-17)24-16-7-9-25(13-16)18-12-15(21)5-6-19(18)26-2;/h5-6,12,16-17H,3-4,7-11,13-14H2,1-2H3,(H2,22,23,24);1H. The Kier molecular flexibility index (Phi) is 10.6. The van der Waals surface area contributed by atoms with Crippen molar-refractivity contribution in [2.24, 2.45) is 4.99 Å². The number of nitrogens with zero attached hydrogens (tertiary/aromatic N) is 2. The molecular formula is C20H32ClIN4O3. The van der Waals surface area contributed by atoms with Crippen molar-refractivity contribution in [2.45, 2.75) is 31.4 Å². The minimum absolute atomic E-state index is 0. The SMILES string of the molecule is CN=C(NCCOCC1CCCO1)NC1CCN(c2cc(Cl)ccc2OC)C1.I. The van der Waals surface area contributed by atoms with E-state index >= 15 is 0 Å². The van der Waals surface area contributed by atoms with Crippen LogP contribution in [-0.2, 0) is 9.47 Å². The first-order valence-corrected chi connectivity index (χ1v) is 10.3. The molecule has 1 aromatic rings. The summed E-state index contributed by atoms with van der Waals surface area (Å²) in [6.45, 7) is 4.69. The Bertz CT molecular complexity index is 659. The van der Waals surface area contributed by atoms with Gasteiger partial charge in [-0.15, -0.1) is 24.0 Å². The van der Waals surface area contributed by atoms with Gasteiger partial charge in [0.1, 0.15) is 5.75 Å². The first kappa shape index (κ1) is 24.3. The lowest BCUT2D eigenvalue weighted by Gasteiger charge is -2.22. The third-order valence-electron chi connectivity index (χ3n) is 5.10. The predicted molar refractivity (Wildman–Crippen MR) is 128 cm³/mol. The molecule has 29 heavy (non-hydrogen) atoms. The molecule has 2 saturated heterocycles. The molecule has 9 heteroatoms. The van der Waals surface area contributed by atoms with Gasteiger partial charge in [-0.05, 0) is 37.5 Å². The van der Waals surface area contributed by atoms with Crippen molar-refractivity contribution in [3.63, 3.8) is 0 Å². The van der Waals surface area contributed by atoms with Crippen LogP contribution in [0.3, 0.4) is 0 Å². The topological polar surface area (TPSA) is 67.4 Å². The molecule has 3 rings (SSSR count). The van der Waals surface area contributed by atoms with Crippen LogP contribution in [0, 0.1) is 0 Å². The zero-order valence-corrected chi connectivity index (χ0v) is 20.2. The van der Waals surface area contributed by atoms with Gasteiger partial charge in [0, 0.05) is 44.4 Å². The molecule has 0 amide bonds. The lowest BCUT2D eigenvalue weighted by molar-refractivity contribution is 0.0191. The Morgan fingerprint density at radius 2 is 2.24 bits per heavy atom. The molecule has 2 atom stereocenters. The molecule has 0 spiro atoms. The largest absolute Gasteiger partial charge is 0.495 e. The van der Waals surface area contributed by atoms with Gasteiger partial charge in [-0.1, -0.05) is 11.6 Å². The second-order valence-corrected chi connectivity index (χ2v) is 7.54. The van der Waals surface area contributed by atoms with Gasteiger partial charge in [-0.3, -0.25) is 4.99 Å². The van der Waals surface area contributed by atoms with Crippen molar-refractivity contribution in [2.75, 3.05) is 58.5 Å². The van der Waals surface area contributed by atoms with Gasteiger partial charge in [0.15, 0.2) is 5.96 Å². The van der Waals surface area contributed by atoms with Crippen LogP contribution in [0.15, 0.2) is 23.2 Å². The van der Waals surface area contributed by atoms with Gasteiger partial charge >= 0.3 is 0 Å². The Morgan fingerprint density at radius 1 is 1.38 bits per heavy atom. The fourth-order valence-corrected chi connectivity index (χ4v) is 3.79. The molecule has 0 radical (unpaired) electrons. The summed E-state index contributed by atoms with van der Waals surface area (Å²) in [7, 11) is 3.47. The second kappa shape index (κ2) is 12.7. The van der Waals surface area contributed by atoms with Gasteiger partial charge < -0.3 is 29.7 Å². The molecule has 2 N–H and O–H groups in total. The summed E-state index contributed by atoms with van der Waals surface area (Å²) in [5.74, 6) is 1.64. The Labute approximate surface area is 195 Å². The lowest BCUT2D eigenvalue weighted by Crippen LogP contribution is -2.45. The maximum Gasteiger partial charge on any atom is 0.191 e. The average molecular weight is 539 g/mol. The normalized spacial score (nSPS) is 21.8. The van der Waals surface area contributed by atoms with Crippen LogP contribution < -0.4 is 20.3 Å². The van der Waals surface area contributed by atoms with Crippen molar-refractivity contribution in [1.82, 2.24) is 10.6 Å². The summed E-state index contributed by atoms with van der Waals surface area (Å²) in [5, 5.41) is 7.52. The predicted octanol–water partition coefficient (Wildman–Crippen LogP) is 2.91. The molecule has 7 nitrogen and oxygen atoms in total. The highest BCUT2D eigenvalue weighted by Crippen LogP contribution is 2.33. The number of hydrogen-bond donors (Lipinski definition) is 2. The maximum absolute atomic E-state index is 6.17. The van der Waals surface area contributed by atoms with E-state index < -0.39 is 0 Å². The number of halogens is 2. The van der Waals surface area contributed by atoms with E-state index in [1.54, 1.807) is 14.2 Å². The van der Waals surface area contributed by atoms with Crippen molar-refractivity contribution in [3.8, 4) is 5.75 Å². The fraction of sp³-hybridized carbons (Fsp3) is 0.650. The van der Waals surface area contributed by atoms with Crippen LogP contribution in [0.25, 0.3) is 0 Å². The first-order chi connectivity index (χ1) is 13.7. The molecule has 0 bridgehead atoms. The van der Waals surface area contributed by atoms with Crippen LogP contribution >= 0.6 is 35.6 Å². The van der Waals surface area contributed by atoms with Crippen LogP contribution in [0.4, 0.5) is 5.69 Å². The highest BCUT2D eigenvalue weighted by molar-refractivity contribution is 14.0. The number of anilines is 1. The monoisotopic (exact) mass is 538 g/mol. The molecule has 2 fully saturated rings. The molecule has 0 aromatic heterocycles. The minimum atomic E-state index is 0. The number of aliphatic imine (C=N–C) groups is 1. The van der Waals surface area contributed by atoms with Crippen LogP contribution in [0.5, 0.6) is 5.75 Å². The van der Waals surface area contributed by atoms with Gasteiger partial charge in [-0.25, -0.2) is 0 Å². The van der Waals surface area contributed by atoms with Gasteiger partial charge in [0.05, 0.1) is 32.1 Å². The molecule has 0 saturated carbocycles. The molecular weight excluding hydrogens is 507 g/mol. The quantitative estimate of drug-likeness (QED) is 0.230. The molecule has 1 aromatic carbocycles. The van der Waals surface area contributed by atoms with Crippen molar-refractivity contribution < 1.29 is 14.2 Å². The Hall–Kier alpha value is -0.970. The van der Waals surface area contributed by atoms with Gasteiger partial charge in [0.25, 0.3) is 0 Å². The molecule has 2 aliphatic rings. The highest BCUT2D eigenvalue weighted by Gasteiger charge is 2.25. The molecule has 164 valence electrons. The van der Waals surface area contributed by atoms with E-state index in [0.29, 0.717) is 30.8 Å². The van der Waals surface area contributed by atoms with Crippen molar-refractivity contribution in [1.29, 1.82) is 0 Å². The third-order valence-corrected chi connectivity index (χ3v) is 5.34. The minimum Gasteiger partial charge on any atom is -0.495 e. The molecule has 2 heterocycles. The zero-order chi connectivity index (χ0) is 19.8. The van der Waals surface area contributed by atoms with Crippen LogP contribution in [-0.4, -0.2) is 71.7 Å². The van der Waals surface area contributed by atoms with E-state index in [9.17, 15) is 0 Å². The van der Waals surface area contributed by atoms with E-state index in [1.807, 2.05) is 18.2 Å². The maximum atomic E-state index is 6.17. The number of nitrogens with one attached hydrogen (secondary N) is 2. The summed E-state index contributed by atoms with van der Waals surface area (Å²) in [6, 6.07) is 6.03. The lowest BCUT2D eigenvalue weighted by atomic mass is 10.2. The van der Waals surface area contributed by atoms with E-state index in [0.717, 1.165) is 56.4 Å². The Morgan fingerprint density at radius 3 is 2.97 bits per heavy atom. The summed E-state index contributed by atoms with van der Waals surface area (Å²) < 4.78 is 16.7. The van der Waals surface area contributed by atoms with E-state index in [2.05, 4.69) is 20.5 Å². The van der Waals surface area contributed by atoms with Crippen LogP contribution in [0.2, 0.25) is 5.02 Å². The second-order valence-electron chi connectivity index (χ2n) is 7.10.